The Bertz CT molecular complexity index is 477. The molecule has 2 nitrogen and oxygen atoms in total. The zero-order valence-electron chi connectivity index (χ0n) is 9.97. The molecule has 0 heterocycles. The summed E-state index contributed by atoms with van der Waals surface area (Å²) < 4.78 is 13.6. The van der Waals surface area contributed by atoms with Crippen molar-refractivity contribution in [1.82, 2.24) is 0 Å². The van der Waals surface area contributed by atoms with Crippen molar-refractivity contribution < 1.29 is 14.3 Å². The van der Waals surface area contributed by atoms with Gasteiger partial charge in [0.2, 0.25) is 0 Å². The molecule has 1 aromatic rings. The van der Waals surface area contributed by atoms with Gasteiger partial charge in [-0.05, 0) is 24.8 Å². The van der Waals surface area contributed by atoms with Crippen LogP contribution < -0.4 is 0 Å². The molecule has 18 heavy (non-hydrogen) atoms. The van der Waals surface area contributed by atoms with E-state index in [0.29, 0.717) is 0 Å². The molecule has 1 aliphatic carbocycles. The Kier molecular flexibility index (Phi) is 3.38. The van der Waals surface area contributed by atoms with Crippen molar-refractivity contribution in [2.24, 2.45) is 5.41 Å². The van der Waals surface area contributed by atoms with Gasteiger partial charge in [0.05, 0.1) is 0 Å². The monoisotopic (exact) mass is 246 g/mol. The normalized spacial score (nSPS) is 31.6. The molecule has 1 N–H and O–H groups in total. The number of carbonyl (C=O) groups is 1. The standard InChI is InChI=1S/C15H15FO2/c1-2-15(14(17)18)9-8-12(16)10-13(15)11-6-4-3-5-7-11/h1,3-7,12-13H,8-10H2,(H,17,18). The van der Waals surface area contributed by atoms with Crippen molar-refractivity contribution in [3.05, 3.63) is 35.9 Å². The smallest absolute Gasteiger partial charge is 0.322 e. The summed E-state index contributed by atoms with van der Waals surface area (Å²) in [6.45, 7) is 0. The summed E-state index contributed by atoms with van der Waals surface area (Å²) in [7, 11) is 0. The van der Waals surface area contributed by atoms with E-state index in [0.717, 1.165) is 5.56 Å². The number of carboxylic acid groups (broad SMARTS) is 1. The van der Waals surface area contributed by atoms with Gasteiger partial charge in [0.1, 0.15) is 11.6 Å². The van der Waals surface area contributed by atoms with Crippen LogP contribution in [0.15, 0.2) is 30.3 Å². The highest BCUT2D eigenvalue weighted by Gasteiger charge is 2.49. The van der Waals surface area contributed by atoms with Crippen LogP contribution in [0.4, 0.5) is 4.39 Å². The lowest BCUT2D eigenvalue weighted by Gasteiger charge is -2.38. The predicted octanol–water partition coefficient (Wildman–Crippen LogP) is 3.00. The Morgan fingerprint density at radius 2 is 2.11 bits per heavy atom. The van der Waals surface area contributed by atoms with E-state index in [1.807, 2.05) is 30.3 Å². The first-order valence-electron chi connectivity index (χ1n) is 6.00. The van der Waals surface area contributed by atoms with Crippen LogP contribution in [0.5, 0.6) is 0 Å². The van der Waals surface area contributed by atoms with E-state index in [1.165, 1.54) is 0 Å². The second kappa shape index (κ2) is 4.81. The maximum atomic E-state index is 13.6. The Balaban J connectivity index is 2.45. The van der Waals surface area contributed by atoms with Crippen LogP contribution in [0.3, 0.4) is 0 Å². The van der Waals surface area contributed by atoms with Gasteiger partial charge in [0.15, 0.2) is 0 Å². The van der Waals surface area contributed by atoms with Gasteiger partial charge in [-0.15, -0.1) is 6.42 Å². The number of hydrogen-bond donors (Lipinski definition) is 1. The summed E-state index contributed by atoms with van der Waals surface area (Å²) in [5.41, 5.74) is -0.468. The summed E-state index contributed by atoms with van der Waals surface area (Å²) in [6, 6.07) is 9.12. The lowest BCUT2D eigenvalue weighted by molar-refractivity contribution is -0.148. The molecule has 0 amide bonds. The van der Waals surface area contributed by atoms with Crippen molar-refractivity contribution in [2.45, 2.75) is 31.4 Å². The van der Waals surface area contributed by atoms with E-state index in [9.17, 15) is 14.3 Å². The predicted molar refractivity (Wildman–Crippen MR) is 66.8 cm³/mol. The number of rotatable bonds is 2. The zero-order chi connectivity index (χ0) is 13.2. The van der Waals surface area contributed by atoms with Crippen LogP contribution in [0.2, 0.25) is 0 Å². The molecule has 1 aliphatic rings. The van der Waals surface area contributed by atoms with Gasteiger partial charge in [0, 0.05) is 5.92 Å². The Morgan fingerprint density at radius 3 is 2.67 bits per heavy atom. The molecular weight excluding hydrogens is 231 g/mol. The van der Waals surface area contributed by atoms with E-state index < -0.39 is 23.5 Å². The molecule has 0 radical (unpaired) electrons. The molecule has 0 bridgehead atoms. The third-order valence-corrected chi connectivity index (χ3v) is 3.78. The molecule has 3 atom stereocenters. The maximum Gasteiger partial charge on any atom is 0.322 e. The third kappa shape index (κ3) is 1.99. The molecule has 1 aromatic carbocycles. The molecule has 3 heteroatoms. The minimum absolute atomic E-state index is 0.181. The highest BCUT2D eigenvalue weighted by Crippen LogP contribution is 2.48. The Labute approximate surface area is 106 Å². The zero-order valence-corrected chi connectivity index (χ0v) is 9.97. The van der Waals surface area contributed by atoms with Crippen LogP contribution in [0.1, 0.15) is 30.7 Å². The number of halogens is 1. The first-order valence-corrected chi connectivity index (χ1v) is 6.00. The molecule has 0 spiro atoms. The SMILES string of the molecule is C#CC1(C(=O)O)CCC(F)CC1c1ccccc1. The molecule has 0 aliphatic heterocycles. The van der Waals surface area contributed by atoms with E-state index in [-0.39, 0.29) is 19.3 Å². The van der Waals surface area contributed by atoms with Crippen molar-refractivity contribution in [2.75, 3.05) is 0 Å². The summed E-state index contributed by atoms with van der Waals surface area (Å²) in [5.74, 6) is 0.944. The van der Waals surface area contributed by atoms with Crippen molar-refractivity contribution in [1.29, 1.82) is 0 Å². The molecule has 0 aromatic heterocycles. The molecular formula is C15H15FO2. The minimum Gasteiger partial charge on any atom is -0.480 e. The van der Waals surface area contributed by atoms with Gasteiger partial charge >= 0.3 is 5.97 Å². The second-order valence-electron chi connectivity index (χ2n) is 4.76. The van der Waals surface area contributed by atoms with Crippen LogP contribution in [-0.4, -0.2) is 17.2 Å². The van der Waals surface area contributed by atoms with Crippen molar-refractivity contribution in [3.63, 3.8) is 0 Å². The molecule has 0 saturated heterocycles. The Hall–Kier alpha value is -1.82. The van der Waals surface area contributed by atoms with Crippen LogP contribution >= 0.6 is 0 Å². The molecule has 2 rings (SSSR count). The van der Waals surface area contributed by atoms with Crippen LogP contribution in [0.25, 0.3) is 0 Å². The molecule has 1 fully saturated rings. The number of carboxylic acids is 1. The number of terminal acetylenes is 1. The molecule has 94 valence electrons. The van der Waals surface area contributed by atoms with Crippen molar-refractivity contribution >= 4 is 5.97 Å². The number of alkyl halides is 1. The Morgan fingerprint density at radius 1 is 1.44 bits per heavy atom. The van der Waals surface area contributed by atoms with E-state index in [1.54, 1.807) is 0 Å². The largest absolute Gasteiger partial charge is 0.480 e. The van der Waals surface area contributed by atoms with E-state index >= 15 is 0 Å². The first kappa shape index (κ1) is 12.6. The van der Waals surface area contributed by atoms with Gasteiger partial charge in [-0.2, -0.15) is 0 Å². The average Bonchev–Trinajstić information content (AvgIpc) is 2.39. The first-order chi connectivity index (χ1) is 8.60. The van der Waals surface area contributed by atoms with Gasteiger partial charge in [0.25, 0.3) is 0 Å². The maximum absolute atomic E-state index is 13.6. The number of hydrogen-bond acceptors (Lipinski definition) is 1. The fourth-order valence-corrected chi connectivity index (χ4v) is 2.73. The number of benzene rings is 1. The fourth-order valence-electron chi connectivity index (χ4n) is 2.73. The third-order valence-electron chi connectivity index (χ3n) is 3.78. The van der Waals surface area contributed by atoms with Gasteiger partial charge in [-0.3, -0.25) is 4.79 Å². The summed E-state index contributed by atoms with van der Waals surface area (Å²) in [4.78, 5) is 11.5. The van der Waals surface area contributed by atoms with E-state index in [2.05, 4.69) is 5.92 Å². The lowest BCUT2D eigenvalue weighted by atomic mass is 9.64. The molecule has 1 saturated carbocycles. The molecule has 3 unspecified atom stereocenters. The second-order valence-corrected chi connectivity index (χ2v) is 4.76. The highest BCUT2D eigenvalue weighted by atomic mass is 19.1. The number of aliphatic carboxylic acids is 1. The average molecular weight is 246 g/mol. The minimum atomic E-state index is -1.27. The summed E-state index contributed by atoms with van der Waals surface area (Å²) >= 11 is 0. The van der Waals surface area contributed by atoms with Crippen molar-refractivity contribution in [3.8, 4) is 12.3 Å². The fraction of sp³-hybridized carbons (Fsp3) is 0.400. The van der Waals surface area contributed by atoms with E-state index in [4.69, 9.17) is 6.42 Å². The topological polar surface area (TPSA) is 37.3 Å². The van der Waals surface area contributed by atoms with Gasteiger partial charge < -0.3 is 5.11 Å². The summed E-state index contributed by atoms with van der Waals surface area (Å²) in [5, 5.41) is 9.44. The quantitative estimate of drug-likeness (QED) is 0.814. The van der Waals surface area contributed by atoms with Gasteiger partial charge in [-0.1, -0.05) is 36.3 Å². The van der Waals surface area contributed by atoms with Crippen LogP contribution in [-0.2, 0) is 4.79 Å². The van der Waals surface area contributed by atoms with Gasteiger partial charge in [-0.25, -0.2) is 4.39 Å². The lowest BCUT2D eigenvalue weighted by Crippen LogP contribution is -2.41. The highest BCUT2D eigenvalue weighted by molar-refractivity contribution is 5.80. The van der Waals surface area contributed by atoms with Crippen LogP contribution in [0, 0.1) is 17.8 Å². The summed E-state index contributed by atoms with van der Waals surface area (Å²) in [6.07, 6.45) is 5.08.